The van der Waals surface area contributed by atoms with Crippen LogP contribution in [0.2, 0.25) is 0 Å². The van der Waals surface area contributed by atoms with Crippen LogP contribution in [0.5, 0.6) is 5.75 Å². The van der Waals surface area contributed by atoms with Crippen molar-refractivity contribution in [3.8, 4) is 17.0 Å². The second-order valence-corrected chi connectivity index (χ2v) is 4.81. The van der Waals surface area contributed by atoms with Crippen LogP contribution in [0, 0.1) is 0 Å². The van der Waals surface area contributed by atoms with Gasteiger partial charge in [-0.3, -0.25) is 4.79 Å². The molecule has 0 saturated carbocycles. The SMILES string of the molecule is CCCCOc1ccc(-c2cc(CS)c(=O)[nH]n2)cc1. The van der Waals surface area contributed by atoms with E-state index in [1.54, 1.807) is 6.07 Å². The normalized spacial score (nSPS) is 10.5. The molecule has 4 nitrogen and oxygen atoms in total. The van der Waals surface area contributed by atoms with Crippen LogP contribution < -0.4 is 10.3 Å². The monoisotopic (exact) mass is 290 g/mol. The van der Waals surface area contributed by atoms with Gasteiger partial charge in [-0.15, -0.1) is 0 Å². The fraction of sp³-hybridized carbons (Fsp3) is 0.333. The van der Waals surface area contributed by atoms with Crippen molar-refractivity contribution in [2.45, 2.75) is 25.5 Å². The Morgan fingerprint density at radius 2 is 2.05 bits per heavy atom. The average Bonchev–Trinajstić information content (AvgIpc) is 2.49. The molecule has 2 rings (SSSR count). The number of H-pyrrole nitrogens is 1. The van der Waals surface area contributed by atoms with Crippen LogP contribution in [0.15, 0.2) is 35.1 Å². The van der Waals surface area contributed by atoms with E-state index in [-0.39, 0.29) is 5.56 Å². The molecule has 1 aromatic heterocycles. The number of nitrogens with zero attached hydrogens (tertiary/aromatic N) is 1. The minimum absolute atomic E-state index is 0.191. The molecule has 0 spiro atoms. The molecule has 0 fully saturated rings. The third-order valence-electron chi connectivity index (χ3n) is 2.97. The van der Waals surface area contributed by atoms with E-state index in [0.717, 1.165) is 36.5 Å². The Kier molecular flexibility index (Phi) is 5.24. The van der Waals surface area contributed by atoms with Crippen molar-refractivity contribution < 1.29 is 4.74 Å². The Bertz CT molecular complexity index is 608. The molecule has 0 aliphatic carbocycles. The highest BCUT2D eigenvalue weighted by atomic mass is 32.1. The van der Waals surface area contributed by atoms with Crippen LogP contribution in [0.1, 0.15) is 25.3 Å². The zero-order chi connectivity index (χ0) is 14.4. The number of unbranched alkanes of at least 4 members (excludes halogenated alkanes) is 1. The molecule has 0 aliphatic rings. The van der Waals surface area contributed by atoms with E-state index in [0.29, 0.717) is 11.3 Å². The molecule has 20 heavy (non-hydrogen) atoms. The predicted molar refractivity (Wildman–Crippen MR) is 83.4 cm³/mol. The first-order valence-electron chi connectivity index (χ1n) is 6.67. The average molecular weight is 290 g/mol. The molecule has 0 aliphatic heterocycles. The molecule has 1 aromatic carbocycles. The fourth-order valence-electron chi connectivity index (χ4n) is 1.77. The number of benzene rings is 1. The molecular formula is C15H18N2O2S. The molecule has 0 unspecified atom stereocenters. The van der Waals surface area contributed by atoms with Gasteiger partial charge in [0.05, 0.1) is 12.3 Å². The lowest BCUT2D eigenvalue weighted by Crippen LogP contribution is -2.13. The Morgan fingerprint density at radius 1 is 1.30 bits per heavy atom. The van der Waals surface area contributed by atoms with E-state index in [9.17, 15) is 4.79 Å². The quantitative estimate of drug-likeness (QED) is 0.635. The maximum atomic E-state index is 11.4. The first kappa shape index (κ1) is 14.7. The minimum Gasteiger partial charge on any atom is -0.494 e. The zero-order valence-corrected chi connectivity index (χ0v) is 12.3. The maximum Gasteiger partial charge on any atom is 0.268 e. The highest BCUT2D eigenvalue weighted by Gasteiger charge is 2.04. The van der Waals surface area contributed by atoms with E-state index in [4.69, 9.17) is 4.74 Å². The molecule has 0 radical (unpaired) electrons. The smallest absolute Gasteiger partial charge is 0.268 e. The van der Waals surface area contributed by atoms with Crippen molar-refractivity contribution in [2.75, 3.05) is 6.61 Å². The highest BCUT2D eigenvalue weighted by Crippen LogP contribution is 2.20. The van der Waals surface area contributed by atoms with E-state index in [1.807, 2.05) is 24.3 Å². The third kappa shape index (κ3) is 3.63. The topological polar surface area (TPSA) is 55.0 Å². The van der Waals surface area contributed by atoms with E-state index >= 15 is 0 Å². The summed E-state index contributed by atoms with van der Waals surface area (Å²) in [6, 6.07) is 9.46. The summed E-state index contributed by atoms with van der Waals surface area (Å²) in [4.78, 5) is 11.4. The van der Waals surface area contributed by atoms with Crippen molar-refractivity contribution in [2.24, 2.45) is 0 Å². The molecule has 0 atom stereocenters. The lowest BCUT2D eigenvalue weighted by molar-refractivity contribution is 0.309. The number of ether oxygens (including phenoxy) is 1. The second kappa shape index (κ2) is 7.14. The van der Waals surface area contributed by atoms with Crippen LogP contribution in [-0.2, 0) is 5.75 Å². The number of aromatic nitrogens is 2. The molecule has 0 saturated heterocycles. The zero-order valence-electron chi connectivity index (χ0n) is 11.4. The summed E-state index contributed by atoms with van der Waals surface area (Å²) >= 11 is 4.14. The lowest BCUT2D eigenvalue weighted by Gasteiger charge is -2.06. The van der Waals surface area contributed by atoms with Gasteiger partial charge in [-0.25, -0.2) is 5.10 Å². The van der Waals surface area contributed by atoms with Gasteiger partial charge >= 0.3 is 0 Å². The Hall–Kier alpha value is -1.75. The Morgan fingerprint density at radius 3 is 2.70 bits per heavy atom. The van der Waals surface area contributed by atoms with Crippen molar-refractivity contribution in [1.29, 1.82) is 0 Å². The van der Waals surface area contributed by atoms with Gasteiger partial charge in [0.25, 0.3) is 5.56 Å². The number of aromatic amines is 1. The summed E-state index contributed by atoms with van der Waals surface area (Å²) < 4.78 is 5.61. The van der Waals surface area contributed by atoms with E-state index in [1.165, 1.54) is 0 Å². The van der Waals surface area contributed by atoms with Gasteiger partial charge in [0, 0.05) is 16.9 Å². The molecule has 0 bridgehead atoms. The Labute approximate surface area is 123 Å². The molecule has 5 heteroatoms. The van der Waals surface area contributed by atoms with Gasteiger partial charge < -0.3 is 4.74 Å². The molecule has 0 amide bonds. The maximum absolute atomic E-state index is 11.4. The summed E-state index contributed by atoms with van der Waals surface area (Å²) in [5, 5.41) is 6.54. The van der Waals surface area contributed by atoms with Crippen molar-refractivity contribution >= 4 is 12.6 Å². The number of nitrogens with one attached hydrogen (secondary N) is 1. The van der Waals surface area contributed by atoms with Gasteiger partial charge in [-0.05, 0) is 36.8 Å². The lowest BCUT2D eigenvalue weighted by atomic mass is 10.1. The van der Waals surface area contributed by atoms with Crippen molar-refractivity contribution in [3.05, 3.63) is 46.2 Å². The van der Waals surface area contributed by atoms with E-state index < -0.39 is 0 Å². The first-order valence-corrected chi connectivity index (χ1v) is 7.30. The molecule has 1 N–H and O–H groups in total. The Balaban J connectivity index is 2.15. The van der Waals surface area contributed by atoms with Crippen LogP contribution in [0.25, 0.3) is 11.3 Å². The van der Waals surface area contributed by atoms with Crippen LogP contribution in [-0.4, -0.2) is 16.8 Å². The highest BCUT2D eigenvalue weighted by molar-refractivity contribution is 7.79. The van der Waals surface area contributed by atoms with Gasteiger partial charge in [-0.2, -0.15) is 17.7 Å². The van der Waals surface area contributed by atoms with Crippen LogP contribution >= 0.6 is 12.6 Å². The number of hydrogen-bond acceptors (Lipinski definition) is 4. The van der Waals surface area contributed by atoms with Gasteiger partial charge in [0.2, 0.25) is 0 Å². The van der Waals surface area contributed by atoms with Crippen molar-refractivity contribution in [1.82, 2.24) is 10.2 Å². The van der Waals surface area contributed by atoms with E-state index in [2.05, 4.69) is 29.7 Å². The van der Waals surface area contributed by atoms with Crippen molar-refractivity contribution in [3.63, 3.8) is 0 Å². The molecule has 2 aromatic rings. The van der Waals surface area contributed by atoms with Crippen LogP contribution in [0.4, 0.5) is 0 Å². The molecular weight excluding hydrogens is 272 g/mol. The largest absolute Gasteiger partial charge is 0.494 e. The molecule has 106 valence electrons. The number of rotatable bonds is 6. The minimum atomic E-state index is -0.191. The second-order valence-electron chi connectivity index (χ2n) is 4.49. The fourth-order valence-corrected chi connectivity index (χ4v) is 2.00. The van der Waals surface area contributed by atoms with Gasteiger partial charge in [0.15, 0.2) is 0 Å². The van der Waals surface area contributed by atoms with Gasteiger partial charge in [-0.1, -0.05) is 13.3 Å². The summed E-state index contributed by atoms with van der Waals surface area (Å²) in [6.45, 7) is 2.86. The summed E-state index contributed by atoms with van der Waals surface area (Å²) in [6.07, 6.45) is 2.17. The van der Waals surface area contributed by atoms with Gasteiger partial charge in [0.1, 0.15) is 5.75 Å². The number of thiol groups is 1. The summed E-state index contributed by atoms with van der Waals surface area (Å²) in [5.41, 5.74) is 2.09. The summed E-state index contributed by atoms with van der Waals surface area (Å²) in [5.74, 6) is 1.24. The first-order chi connectivity index (χ1) is 9.74. The standard InChI is InChI=1S/C15H18N2O2S/c1-2-3-8-19-13-6-4-11(5-7-13)14-9-12(10-20)15(18)17-16-14/h4-7,9,20H,2-3,8,10H2,1H3,(H,17,18). The van der Waals surface area contributed by atoms with Crippen LogP contribution in [0.3, 0.4) is 0 Å². The number of hydrogen-bond donors (Lipinski definition) is 2. The molecule has 1 heterocycles. The predicted octanol–water partition coefficient (Wildman–Crippen LogP) is 3.05. The third-order valence-corrected chi connectivity index (χ3v) is 3.31. The summed E-state index contributed by atoms with van der Waals surface area (Å²) in [7, 11) is 0.